The van der Waals surface area contributed by atoms with Crippen LogP contribution in [0.15, 0.2) is 12.1 Å². The Morgan fingerprint density at radius 3 is 1.82 bits per heavy atom. The third-order valence-electron chi connectivity index (χ3n) is 3.56. The van der Waals surface area contributed by atoms with Crippen LogP contribution in [0.4, 0.5) is 0 Å². The van der Waals surface area contributed by atoms with Crippen molar-refractivity contribution in [2.75, 3.05) is 0 Å². The maximum atomic E-state index is 11.6. The van der Waals surface area contributed by atoms with Gasteiger partial charge in [-0.1, -0.05) is 69.6 Å². The molecule has 0 aliphatic heterocycles. The van der Waals surface area contributed by atoms with Crippen LogP contribution < -0.4 is 0 Å². The smallest absolute Gasteiger partial charge is 0.358 e. The van der Waals surface area contributed by atoms with Gasteiger partial charge < -0.3 is 14.9 Å². The molecule has 6 heteroatoms. The maximum absolute atomic E-state index is 11.6. The van der Waals surface area contributed by atoms with Gasteiger partial charge in [0, 0.05) is 5.33 Å². The van der Waals surface area contributed by atoms with Crippen molar-refractivity contribution in [2.45, 2.75) is 63.5 Å². The van der Waals surface area contributed by atoms with Gasteiger partial charge in [0.25, 0.3) is 0 Å². The Morgan fingerprint density at radius 1 is 1.05 bits per heavy atom. The molecule has 22 heavy (non-hydrogen) atoms. The summed E-state index contributed by atoms with van der Waals surface area (Å²) in [7, 11) is -4.63. The minimum absolute atomic E-state index is 0.212. The molecular weight excluding hydrogens is 367 g/mol. The van der Waals surface area contributed by atoms with Gasteiger partial charge in [-0.3, -0.25) is 4.57 Å². The molecule has 126 valence electrons. The van der Waals surface area contributed by atoms with E-state index in [9.17, 15) is 19.5 Å². The van der Waals surface area contributed by atoms with Crippen molar-refractivity contribution in [3.8, 4) is 0 Å². The number of aliphatic hydroxyl groups excluding tert-OH is 1. The first-order valence-electron chi connectivity index (χ1n) is 7.17. The number of hydrogen-bond acceptors (Lipinski definition) is 2. The van der Waals surface area contributed by atoms with E-state index in [1.807, 2.05) is 26.8 Å². The van der Waals surface area contributed by atoms with Crippen LogP contribution in [-0.4, -0.2) is 14.9 Å². The van der Waals surface area contributed by atoms with Crippen LogP contribution in [0.5, 0.6) is 0 Å². The van der Waals surface area contributed by atoms with E-state index in [2.05, 4.69) is 36.7 Å². The average molecular weight is 393 g/mol. The highest BCUT2D eigenvalue weighted by molar-refractivity contribution is 9.08. The number of halogens is 1. The quantitative estimate of drug-likeness (QED) is 0.527. The highest BCUT2D eigenvalue weighted by Gasteiger charge is 2.36. The molecule has 0 aromatic heterocycles. The number of benzene rings is 1. The van der Waals surface area contributed by atoms with E-state index < -0.39 is 13.4 Å². The Balaban J connectivity index is 3.86. The molecule has 0 fully saturated rings. The van der Waals surface area contributed by atoms with Crippen LogP contribution in [0.3, 0.4) is 0 Å². The fourth-order valence-electron chi connectivity index (χ4n) is 2.83. The summed E-state index contributed by atoms with van der Waals surface area (Å²) in [4.78, 5) is 18.8. The van der Waals surface area contributed by atoms with E-state index in [0.29, 0.717) is 10.9 Å². The van der Waals surface area contributed by atoms with Crippen LogP contribution in [0.1, 0.15) is 69.6 Å². The predicted molar refractivity (Wildman–Crippen MR) is 93.5 cm³/mol. The van der Waals surface area contributed by atoms with Crippen molar-refractivity contribution in [3.63, 3.8) is 0 Å². The zero-order valence-corrected chi connectivity index (χ0v) is 16.5. The molecule has 0 saturated carbocycles. The molecule has 1 aromatic carbocycles. The second-order valence-corrected chi connectivity index (χ2v) is 9.89. The summed E-state index contributed by atoms with van der Waals surface area (Å²) in [6.45, 7) is 12.2. The Bertz CT molecular complexity index is 593. The molecule has 0 spiro atoms. The minimum atomic E-state index is -4.63. The van der Waals surface area contributed by atoms with Gasteiger partial charge >= 0.3 is 7.60 Å². The topological polar surface area (TPSA) is 77.8 Å². The van der Waals surface area contributed by atoms with Crippen molar-refractivity contribution in [1.29, 1.82) is 0 Å². The Hall–Kier alpha value is -0.190. The Kier molecular flexibility index (Phi) is 5.75. The standard InChI is InChI=1S/C16H26BrO4P/c1-15(2,3)12-10(9-17)7-8-11(13(12)16(4,5)6)14(18)22(19,20)21/h7-8,14,18H,9H2,1-6H3,(H2,19,20,21). The predicted octanol–water partition coefficient (Wildman–Crippen LogP) is 4.35. The van der Waals surface area contributed by atoms with Crippen molar-refractivity contribution >= 4 is 23.5 Å². The summed E-state index contributed by atoms with van der Waals surface area (Å²) in [6.07, 6.45) is 0. The Labute approximate surface area is 141 Å². The molecule has 0 saturated heterocycles. The van der Waals surface area contributed by atoms with Crippen LogP contribution in [0.2, 0.25) is 0 Å². The van der Waals surface area contributed by atoms with E-state index in [-0.39, 0.29) is 10.8 Å². The lowest BCUT2D eigenvalue weighted by Gasteiger charge is -2.35. The zero-order chi connectivity index (χ0) is 17.5. The first kappa shape index (κ1) is 19.9. The Morgan fingerprint density at radius 2 is 1.50 bits per heavy atom. The minimum Gasteiger partial charge on any atom is -0.376 e. The lowest BCUT2D eigenvalue weighted by atomic mass is 9.71. The summed E-state index contributed by atoms with van der Waals surface area (Å²) in [6, 6.07) is 3.47. The van der Waals surface area contributed by atoms with Gasteiger partial charge in [0.05, 0.1) is 0 Å². The molecule has 0 bridgehead atoms. The van der Waals surface area contributed by atoms with Crippen LogP contribution in [0, 0.1) is 0 Å². The highest BCUT2D eigenvalue weighted by Crippen LogP contribution is 2.53. The van der Waals surface area contributed by atoms with E-state index in [1.54, 1.807) is 6.07 Å². The van der Waals surface area contributed by atoms with Gasteiger partial charge in [0.15, 0.2) is 5.85 Å². The van der Waals surface area contributed by atoms with Crippen molar-refractivity contribution in [1.82, 2.24) is 0 Å². The molecule has 4 nitrogen and oxygen atoms in total. The van der Waals surface area contributed by atoms with Gasteiger partial charge in [-0.25, -0.2) is 0 Å². The van der Waals surface area contributed by atoms with E-state index in [1.165, 1.54) is 0 Å². The molecular formula is C16H26BrO4P. The highest BCUT2D eigenvalue weighted by atomic mass is 79.9. The first-order chi connectivity index (χ1) is 9.71. The van der Waals surface area contributed by atoms with Gasteiger partial charge in [-0.05, 0) is 33.1 Å². The van der Waals surface area contributed by atoms with Crippen LogP contribution in [-0.2, 0) is 20.7 Å². The lowest BCUT2D eigenvalue weighted by molar-refractivity contribution is 0.203. The zero-order valence-electron chi connectivity index (χ0n) is 14.0. The summed E-state index contributed by atoms with van der Waals surface area (Å²) in [5, 5.41) is 10.8. The number of alkyl halides is 1. The van der Waals surface area contributed by atoms with E-state index in [0.717, 1.165) is 16.7 Å². The number of aliphatic hydroxyl groups is 1. The summed E-state index contributed by atoms with van der Waals surface area (Å²) in [5.41, 5.74) is 2.66. The molecule has 0 radical (unpaired) electrons. The van der Waals surface area contributed by atoms with Gasteiger partial charge in [-0.2, -0.15) is 0 Å². The van der Waals surface area contributed by atoms with Crippen LogP contribution in [0.25, 0.3) is 0 Å². The summed E-state index contributed by atoms with van der Waals surface area (Å²) < 4.78 is 11.6. The molecule has 1 atom stereocenters. The third-order valence-corrected chi connectivity index (χ3v) is 5.08. The maximum Gasteiger partial charge on any atom is 0.358 e. The molecule has 1 aromatic rings. The molecule has 0 aliphatic rings. The molecule has 0 aliphatic carbocycles. The molecule has 0 heterocycles. The average Bonchev–Trinajstić information content (AvgIpc) is 2.32. The van der Waals surface area contributed by atoms with Gasteiger partial charge in [0.1, 0.15) is 0 Å². The SMILES string of the molecule is CC(C)(C)c1c(CBr)ccc(C(O)P(=O)(O)O)c1C(C)(C)C. The molecule has 1 rings (SSSR count). The molecule has 3 N–H and O–H groups in total. The monoisotopic (exact) mass is 392 g/mol. The van der Waals surface area contributed by atoms with Crippen molar-refractivity contribution in [3.05, 3.63) is 34.4 Å². The van der Waals surface area contributed by atoms with E-state index >= 15 is 0 Å². The van der Waals surface area contributed by atoms with Gasteiger partial charge in [0.2, 0.25) is 0 Å². The first-order valence-corrected chi connectivity index (χ1v) is 9.97. The second kappa shape index (κ2) is 6.37. The number of hydrogen-bond donors (Lipinski definition) is 3. The second-order valence-electron chi connectivity index (χ2n) is 7.66. The fourth-order valence-corrected chi connectivity index (χ4v) is 3.88. The number of rotatable bonds is 3. The van der Waals surface area contributed by atoms with E-state index in [4.69, 9.17) is 0 Å². The third kappa shape index (κ3) is 4.21. The summed E-state index contributed by atoms with van der Waals surface area (Å²) in [5.74, 6) is -1.80. The normalized spacial score (nSPS) is 15.0. The van der Waals surface area contributed by atoms with Gasteiger partial charge in [-0.15, -0.1) is 0 Å². The summed E-state index contributed by atoms with van der Waals surface area (Å²) >= 11 is 3.49. The fraction of sp³-hybridized carbons (Fsp3) is 0.625. The van der Waals surface area contributed by atoms with Crippen molar-refractivity contribution < 1.29 is 19.5 Å². The van der Waals surface area contributed by atoms with Crippen molar-refractivity contribution in [2.24, 2.45) is 0 Å². The largest absolute Gasteiger partial charge is 0.376 e. The lowest BCUT2D eigenvalue weighted by Crippen LogP contribution is -2.26. The molecule has 0 amide bonds. The molecule has 1 unspecified atom stereocenters. The van der Waals surface area contributed by atoms with Crippen LogP contribution >= 0.6 is 23.5 Å².